The van der Waals surface area contributed by atoms with Crippen LogP contribution in [0.4, 0.5) is 0 Å². The molecule has 158 valence electrons. The van der Waals surface area contributed by atoms with Gasteiger partial charge in [-0.3, -0.25) is 9.79 Å². The molecular weight excluding hydrogens is 535 g/mol. The van der Waals surface area contributed by atoms with Crippen molar-refractivity contribution in [2.75, 3.05) is 46.9 Å². The zero-order valence-corrected chi connectivity index (χ0v) is 20.7. The SMILES string of the molecule is CN=C(NCCCNC(=O)c1ccc(Br)cc1)N(C)CCC1CCOCC1.I. The molecule has 0 radical (unpaired) electrons. The van der Waals surface area contributed by atoms with Gasteiger partial charge in [0, 0.05) is 57.0 Å². The predicted molar refractivity (Wildman–Crippen MR) is 129 cm³/mol. The largest absolute Gasteiger partial charge is 0.381 e. The maximum Gasteiger partial charge on any atom is 0.251 e. The van der Waals surface area contributed by atoms with E-state index in [2.05, 4.69) is 43.5 Å². The summed E-state index contributed by atoms with van der Waals surface area (Å²) < 4.78 is 6.39. The minimum atomic E-state index is -0.0412. The quantitative estimate of drug-likeness (QED) is 0.219. The molecule has 2 rings (SSSR count). The molecule has 6 nitrogen and oxygen atoms in total. The summed E-state index contributed by atoms with van der Waals surface area (Å²) in [6.07, 6.45) is 4.34. The summed E-state index contributed by atoms with van der Waals surface area (Å²) in [7, 11) is 3.88. The number of hydrogen-bond acceptors (Lipinski definition) is 3. The fraction of sp³-hybridized carbons (Fsp3) is 0.600. The van der Waals surface area contributed by atoms with Crippen LogP contribution in [-0.4, -0.2) is 63.7 Å². The van der Waals surface area contributed by atoms with E-state index >= 15 is 0 Å². The lowest BCUT2D eigenvalue weighted by molar-refractivity contribution is 0.0625. The molecule has 0 saturated carbocycles. The van der Waals surface area contributed by atoms with E-state index in [1.165, 1.54) is 6.42 Å². The molecule has 1 aliphatic rings. The second kappa shape index (κ2) is 14.2. The standard InChI is InChI=1S/C20H31BrN4O2.HI/c1-22-20(25(2)13-8-16-9-14-27-15-10-16)24-12-3-11-23-19(26)17-4-6-18(21)7-5-17;/h4-7,16H,3,8-15H2,1-2H3,(H,22,24)(H,23,26);1H. The number of aliphatic imine (C=N–C) groups is 1. The highest BCUT2D eigenvalue weighted by Gasteiger charge is 2.15. The van der Waals surface area contributed by atoms with Crippen molar-refractivity contribution in [1.29, 1.82) is 0 Å². The molecule has 2 N–H and O–H groups in total. The third kappa shape index (κ3) is 9.09. The molecule has 1 saturated heterocycles. The Hall–Kier alpha value is -0.870. The van der Waals surface area contributed by atoms with Crippen LogP contribution in [0, 0.1) is 5.92 Å². The number of guanidine groups is 1. The first-order chi connectivity index (χ1) is 13.1. The van der Waals surface area contributed by atoms with Gasteiger partial charge in [-0.15, -0.1) is 24.0 Å². The molecule has 0 spiro atoms. The molecule has 1 aromatic carbocycles. The third-order valence-corrected chi connectivity index (χ3v) is 5.34. The second-order valence-corrected chi connectivity index (χ2v) is 7.77. The summed E-state index contributed by atoms with van der Waals surface area (Å²) in [6.45, 7) is 4.19. The van der Waals surface area contributed by atoms with Gasteiger partial charge in [-0.1, -0.05) is 15.9 Å². The minimum Gasteiger partial charge on any atom is -0.381 e. The van der Waals surface area contributed by atoms with Crippen molar-refractivity contribution < 1.29 is 9.53 Å². The zero-order chi connectivity index (χ0) is 19.5. The number of halogens is 2. The smallest absolute Gasteiger partial charge is 0.251 e. The highest BCUT2D eigenvalue weighted by molar-refractivity contribution is 14.0. The Labute approximate surface area is 194 Å². The van der Waals surface area contributed by atoms with Crippen molar-refractivity contribution in [2.24, 2.45) is 10.9 Å². The van der Waals surface area contributed by atoms with Gasteiger partial charge in [0.1, 0.15) is 0 Å². The molecule has 1 aromatic rings. The normalized spacial score (nSPS) is 14.9. The van der Waals surface area contributed by atoms with Crippen molar-refractivity contribution in [3.8, 4) is 0 Å². The molecule has 1 fully saturated rings. The van der Waals surface area contributed by atoms with Gasteiger partial charge in [0.05, 0.1) is 0 Å². The van der Waals surface area contributed by atoms with Crippen LogP contribution in [-0.2, 0) is 4.74 Å². The van der Waals surface area contributed by atoms with Crippen molar-refractivity contribution >= 4 is 51.8 Å². The third-order valence-electron chi connectivity index (χ3n) is 4.82. The summed E-state index contributed by atoms with van der Waals surface area (Å²) in [5.74, 6) is 1.62. The Balaban J connectivity index is 0.00000392. The topological polar surface area (TPSA) is 66.0 Å². The van der Waals surface area contributed by atoms with Crippen LogP contribution in [0.5, 0.6) is 0 Å². The Bertz CT molecular complexity index is 607. The van der Waals surface area contributed by atoms with E-state index in [0.717, 1.165) is 61.9 Å². The first kappa shape index (κ1) is 25.2. The van der Waals surface area contributed by atoms with Crippen LogP contribution in [0.25, 0.3) is 0 Å². The lowest BCUT2D eigenvalue weighted by atomic mass is 9.96. The average molecular weight is 567 g/mol. The molecule has 28 heavy (non-hydrogen) atoms. The molecule has 0 aromatic heterocycles. The Morgan fingerprint density at radius 3 is 2.50 bits per heavy atom. The molecule has 1 aliphatic heterocycles. The van der Waals surface area contributed by atoms with Gasteiger partial charge < -0.3 is 20.3 Å². The fourth-order valence-corrected chi connectivity index (χ4v) is 3.36. The van der Waals surface area contributed by atoms with Gasteiger partial charge in [0.2, 0.25) is 0 Å². The van der Waals surface area contributed by atoms with E-state index in [0.29, 0.717) is 12.1 Å². The van der Waals surface area contributed by atoms with Gasteiger partial charge in [-0.05, 0) is 55.9 Å². The highest BCUT2D eigenvalue weighted by atomic mass is 127. The van der Waals surface area contributed by atoms with Crippen LogP contribution in [0.2, 0.25) is 0 Å². The molecule has 0 unspecified atom stereocenters. The summed E-state index contributed by atoms with van der Waals surface area (Å²) in [5.41, 5.74) is 0.676. The zero-order valence-electron chi connectivity index (χ0n) is 16.7. The molecule has 1 heterocycles. The van der Waals surface area contributed by atoms with E-state index in [1.54, 1.807) is 0 Å². The lowest BCUT2D eigenvalue weighted by Gasteiger charge is -2.26. The van der Waals surface area contributed by atoms with E-state index in [4.69, 9.17) is 4.74 Å². The van der Waals surface area contributed by atoms with Crippen molar-refractivity contribution in [3.63, 3.8) is 0 Å². The molecule has 0 bridgehead atoms. The minimum absolute atomic E-state index is 0. The van der Waals surface area contributed by atoms with Crippen molar-refractivity contribution in [2.45, 2.75) is 25.7 Å². The fourth-order valence-electron chi connectivity index (χ4n) is 3.10. The Kier molecular flexibility index (Phi) is 12.7. The van der Waals surface area contributed by atoms with Crippen molar-refractivity contribution in [1.82, 2.24) is 15.5 Å². The van der Waals surface area contributed by atoms with Gasteiger partial charge in [-0.25, -0.2) is 0 Å². The number of nitrogens with zero attached hydrogens (tertiary/aromatic N) is 2. The van der Waals surface area contributed by atoms with E-state index in [-0.39, 0.29) is 29.9 Å². The Morgan fingerprint density at radius 2 is 1.86 bits per heavy atom. The number of amides is 1. The number of rotatable bonds is 8. The average Bonchev–Trinajstić information content (AvgIpc) is 2.70. The number of ether oxygens (including phenoxy) is 1. The second-order valence-electron chi connectivity index (χ2n) is 6.86. The maximum atomic E-state index is 12.1. The lowest BCUT2D eigenvalue weighted by Crippen LogP contribution is -2.41. The van der Waals surface area contributed by atoms with Gasteiger partial charge in [0.15, 0.2) is 5.96 Å². The number of benzene rings is 1. The van der Waals surface area contributed by atoms with Crippen LogP contribution >= 0.6 is 39.9 Å². The summed E-state index contributed by atoms with van der Waals surface area (Å²) in [6, 6.07) is 7.37. The molecule has 0 atom stereocenters. The molecule has 0 aliphatic carbocycles. The van der Waals surface area contributed by atoms with Crippen LogP contribution < -0.4 is 10.6 Å². The van der Waals surface area contributed by atoms with Gasteiger partial charge in [0.25, 0.3) is 5.91 Å². The maximum absolute atomic E-state index is 12.1. The molecule has 8 heteroatoms. The summed E-state index contributed by atoms with van der Waals surface area (Å²) in [4.78, 5) is 18.6. The first-order valence-corrected chi connectivity index (χ1v) is 10.4. The van der Waals surface area contributed by atoms with Gasteiger partial charge in [-0.2, -0.15) is 0 Å². The van der Waals surface area contributed by atoms with E-state index in [1.807, 2.05) is 31.3 Å². The number of hydrogen-bond donors (Lipinski definition) is 2. The van der Waals surface area contributed by atoms with Crippen LogP contribution in [0.15, 0.2) is 33.7 Å². The van der Waals surface area contributed by atoms with E-state index in [9.17, 15) is 4.79 Å². The summed E-state index contributed by atoms with van der Waals surface area (Å²) in [5, 5.41) is 6.32. The van der Waals surface area contributed by atoms with Crippen molar-refractivity contribution in [3.05, 3.63) is 34.3 Å². The number of carbonyl (C=O) groups is 1. The van der Waals surface area contributed by atoms with Crippen LogP contribution in [0.3, 0.4) is 0 Å². The Morgan fingerprint density at radius 1 is 1.21 bits per heavy atom. The monoisotopic (exact) mass is 566 g/mol. The summed E-state index contributed by atoms with van der Waals surface area (Å²) >= 11 is 3.37. The van der Waals surface area contributed by atoms with Gasteiger partial charge >= 0.3 is 0 Å². The predicted octanol–water partition coefficient (Wildman–Crippen LogP) is 3.51. The molecular formula is C20H32BrIN4O2. The van der Waals surface area contributed by atoms with Crippen LogP contribution in [0.1, 0.15) is 36.0 Å². The van der Waals surface area contributed by atoms with E-state index < -0.39 is 0 Å². The number of nitrogens with one attached hydrogen (secondary N) is 2. The number of carbonyl (C=O) groups excluding carboxylic acids is 1. The first-order valence-electron chi connectivity index (χ1n) is 9.63. The highest BCUT2D eigenvalue weighted by Crippen LogP contribution is 2.18. The molecule has 1 amide bonds.